The summed E-state index contributed by atoms with van der Waals surface area (Å²) in [6.07, 6.45) is -1.03. The fourth-order valence-electron chi connectivity index (χ4n) is 3.84. The maximum atomic E-state index is 12.6. The Balaban J connectivity index is 1.18. The molecule has 1 atom stereocenters. The van der Waals surface area contributed by atoms with Crippen molar-refractivity contribution in [3.63, 3.8) is 0 Å². The molecule has 9 heteroatoms. The molecule has 5 rings (SSSR count). The number of nitrogens with one attached hydrogen (secondary N) is 1. The predicted molar refractivity (Wildman–Crippen MR) is 123 cm³/mol. The molecular weight excluding hydrogens is 452 g/mol. The first-order valence-corrected chi connectivity index (χ1v) is 10.9. The number of imide groups is 1. The molecule has 0 aromatic heterocycles. The van der Waals surface area contributed by atoms with Crippen molar-refractivity contribution < 1.29 is 33.4 Å². The van der Waals surface area contributed by atoms with Gasteiger partial charge in [-0.05, 0) is 61.0 Å². The Morgan fingerprint density at radius 3 is 2.29 bits per heavy atom. The third-order valence-corrected chi connectivity index (χ3v) is 5.71. The molecule has 3 aromatic rings. The van der Waals surface area contributed by atoms with Gasteiger partial charge in [-0.15, -0.1) is 0 Å². The van der Waals surface area contributed by atoms with E-state index in [0.717, 1.165) is 10.5 Å². The van der Waals surface area contributed by atoms with Gasteiger partial charge < -0.3 is 19.5 Å². The third kappa shape index (κ3) is 4.19. The van der Waals surface area contributed by atoms with E-state index in [1.165, 1.54) is 31.2 Å². The molecule has 0 aliphatic carbocycles. The number of anilines is 1. The Bertz CT molecular complexity index is 1320. The molecule has 0 fully saturated rings. The van der Waals surface area contributed by atoms with Crippen LogP contribution in [-0.2, 0) is 16.1 Å². The van der Waals surface area contributed by atoms with Crippen molar-refractivity contribution in [3.8, 4) is 11.5 Å². The summed E-state index contributed by atoms with van der Waals surface area (Å²) in [7, 11) is 0. The van der Waals surface area contributed by atoms with E-state index in [9.17, 15) is 19.2 Å². The second kappa shape index (κ2) is 8.94. The summed E-state index contributed by atoms with van der Waals surface area (Å²) in [6.45, 7) is 1.86. The highest BCUT2D eigenvalue weighted by Gasteiger charge is 2.36. The molecule has 176 valence electrons. The molecule has 3 amide bonds. The molecule has 2 heterocycles. The fourth-order valence-corrected chi connectivity index (χ4v) is 3.84. The number of carbonyl (C=O) groups is 4. The summed E-state index contributed by atoms with van der Waals surface area (Å²) in [6, 6.07) is 17.8. The molecule has 2 aliphatic rings. The van der Waals surface area contributed by atoms with E-state index in [2.05, 4.69) is 5.32 Å². The maximum Gasteiger partial charge on any atom is 0.338 e. The Morgan fingerprint density at radius 2 is 1.60 bits per heavy atom. The van der Waals surface area contributed by atoms with E-state index in [-0.39, 0.29) is 18.9 Å². The molecule has 0 unspecified atom stereocenters. The van der Waals surface area contributed by atoms with Gasteiger partial charge in [0.2, 0.25) is 6.79 Å². The van der Waals surface area contributed by atoms with Crippen LogP contribution in [-0.4, -0.2) is 36.6 Å². The highest BCUT2D eigenvalue weighted by atomic mass is 16.7. The Hall–Kier alpha value is -4.66. The summed E-state index contributed by atoms with van der Waals surface area (Å²) in [5, 5.41) is 2.72. The van der Waals surface area contributed by atoms with Gasteiger partial charge in [-0.25, -0.2) is 9.69 Å². The van der Waals surface area contributed by atoms with Gasteiger partial charge in [0.15, 0.2) is 17.6 Å². The van der Waals surface area contributed by atoms with Gasteiger partial charge >= 0.3 is 5.97 Å². The topological polar surface area (TPSA) is 111 Å². The number of benzene rings is 3. The predicted octanol–water partition coefficient (Wildman–Crippen LogP) is 3.08. The van der Waals surface area contributed by atoms with Crippen LogP contribution in [0.15, 0.2) is 66.7 Å². The number of carbonyl (C=O) groups excluding carboxylic acids is 4. The van der Waals surface area contributed by atoms with Crippen LogP contribution in [0.2, 0.25) is 0 Å². The summed E-state index contributed by atoms with van der Waals surface area (Å²) in [4.78, 5) is 51.2. The lowest BCUT2D eigenvalue weighted by Crippen LogP contribution is -2.35. The molecule has 0 spiro atoms. The number of nitrogens with zero attached hydrogens (tertiary/aromatic N) is 1. The van der Waals surface area contributed by atoms with Gasteiger partial charge in [0, 0.05) is 6.54 Å². The fraction of sp³-hybridized carbons (Fsp3) is 0.154. The van der Waals surface area contributed by atoms with Crippen LogP contribution in [0.25, 0.3) is 0 Å². The summed E-state index contributed by atoms with van der Waals surface area (Å²) < 4.78 is 15.9. The minimum absolute atomic E-state index is 0.164. The minimum Gasteiger partial charge on any atom is -0.454 e. The standard InChI is InChI=1S/C26H20N2O7/c1-15(23(29)27-13-16-6-11-21-22(12-16)34-14-33-21)35-26(32)17-7-9-18(10-8-17)28-24(30)19-4-2-3-5-20(19)25(28)31/h2-12,15H,13-14H2,1H3,(H,27,29)/t15-/m0/s1. The average molecular weight is 472 g/mol. The zero-order chi connectivity index (χ0) is 24.5. The van der Waals surface area contributed by atoms with Gasteiger partial charge in [-0.2, -0.15) is 0 Å². The molecule has 0 saturated heterocycles. The zero-order valence-corrected chi connectivity index (χ0v) is 18.6. The smallest absolute Gasteiger partial charge is 0.338 e. The number of ether oxygens (including phenoxy) is 3. The van der Waals surface area contributed by atoms with Gasteiger partial charge in [0.25, 0.3) is 17.7 Å². The van der Waals surface area contributed by atoms with Crippen LogP contribution in [0.3, 0.4) is 0 Å². The molecule has 2 aliphatic heterocycles. The molecule has 0 radical (unpaired) electrons. The van der Waals surface area contributed by atoms with Crippen LogP contribution in [0.5, 0.6) is 11.5 Å². The molecule has 35 heavy (non-hydrogen) atoms. The quantitative estimate of drug-likeness (QED) is 0.434. The molecule has 0 bridgehead atoms. The molecular formula is C26H20N2O7. The lowest BCUT2D eigenvalue weighted by Gasteiger charge is -2.16. The first kappa shape index (κ1) is 22.1. The highest BCUT2D eigenvalue weighted by Crippen LogP contribution is 2.32. The van der Waals surface area contributed by atoms with E-state index in [4.69, 9.17) is 14.2 Å². The second-order valence-electron chi connectivity index (χ2n) is 7.99. The summed E-state index contributed by atoms with van der Waals surface area (Å²) >= 11 is 0. The van der Waals surface area contributed by atoms with E-state index < -0.39 is 29.8 Å². The second-order valence-corrected chi connectivity index (χ2v) is 7.99. The average Bonchev–Trinajstić information content (AvgIpc) is 3.44. The molecule has 9 nitrogen and oxygen atoms in total. The van der Waals surface area contributed by atoms with Crippen molar-refractivity contribution in [1.29, 1.82) is 0 Å². The number of amides is 3. The van der Waals surface area contributed by atoms with Crippen molar-refractivity contribution in [1.82, 2.24) is 5.32 Å². The Kier molecular flexibility index (Phi) is 5.66. The SMILES string of the molecule is C[C@H](OC(=O)c1ccc(N2C(=O)c3ccccc3C2=O)cc1)C(=O)NCc1ccc2c(c1)OCO2. The third-order valence-electron chi connectivity index (χ3n) is 5.71. The van der Waals surface area contributed by atoms with Gasteiger partial charge in [-0.3, -0.25) is 14.4 Å². The van der Waals surface area contributed by atoms with E-state index in [1.54, 1.807) is 42.5 Å². The molecule has 0 saturated carbocycles. The first-order valence-electron chi connectivity index (χ1n) is 10.9. The van der Waals surface area contributed by atoms with Crippen LogP contribution >= 0.6 is 0 Å². The van der Waals surface area contributed by atoms with Crippen molar-refractivity contribution in [3.05, 3.63) is 89.0 Å². The van der Waals surface area contributed by atoms with E-state index in [1.807, 2.05) is 0 Å². The zero-order valence-electron chi connectivity index (χ0n) is 18.6. The Morgan fingerprint density at radius 1 is 0.943 bits per heavy atom. The molecule has 3 aromatic carbocycles. The first-order chi connectivity index (χ1) is 16.9. The van der Waals surface area contributed by atoms with Crippen LogP contribution in [0.4, 0.5) is 5.69 Å². The van der Waals surface area contributed by atoms with E-state index in [0.29, 0.717) is 28.3 Å². The largest absolute Gasteiger partial charge is 0.454 e. The Labute approximate surface area is 200 Å². The number of fused-ring (bicyclic) bond motifs is 2. The van der Waals surface area contributed by atoms with Crippen LogP contribution in [0, 0.1) is 0 Å². The lowest BCUT2D eigenvalue weighted by molar-refractivity contribution is -0.129. The summed E-state index contributed by atoms with van der Waals surface area (Å²) in [5.41, 5.74) is 2.00. The van der Waals surface area contributed by atoms with Crippen LogP contribution in [0.1, 0.15) is 43.6 Å². The maximum absolute atomic E-state index is 12.6. The van der Waals surface area contributed by atoms with Crippen molar-refractivity contribution in [2.24, 2.45) is 0 Å². The summed E-state index contributed by atoms with van der Waals surface area (Å²) in [5.74, 6) is -0.747. The van der Waals surface area contributed by atoms with Gasteiger partial charge in [-0.1, -0.05) is 18.2 Å². The van der Waals surface area contributed by atoms with Crippen LogP contribution < -0.4 is 19.7 Å². The highest BCUT2D eigenvalue weighted by molar-refractivity contribution is 6.34. The monoisotopic (exact) mass is 472 g/mol. The van der Waals surface area contributed by atoms with Crippen molar-refractivity contribution in [2.75, 3.05) is 11.7 Å². The number of esters is 1. The number of hydrogen-bond donors (Lipinski definition) is 1. The van der Waals surface area contributed by atoms with E-state index >= 15 is 0 Å². The van der Waals surface area contributed by atoms with Gasteiger partial charge in [0.1, 0.15) is 0 Å². The van der Waals surface area contributed by atoms with Gasteiger partial charge in [0.05, 0.1) is 22.4 Å². The van der Waals surface area contributed by atoms with Crippen molar-refractivity contribution >= 4 is 29.4 Å². The normalized spacial score (nSPS) is 14.5. The van der Waals surface area contributed by atoms with Crippen molar-refractivity contribution in [2.45, 2.75) is 19.6 Å². The number of hydrogen-bond acceptors (Lipinski definition) is 7. The minimum atomic E-state index is -1.03. The lowest BCUT2D eigenvalue weighted by atomic mass is 10.1. The number of rotatable bonds is 6. The molecule has 1 N–H and O–H groups in total.